The Kier molecular flexibility index (Phi) is 4.40. The molecule has 0 aliphatic rings. The van der Waals surface area contributed by atoms with E-state index in [1.165, 1.54) is 17.2 Å². The number of amides is 1. The van der Waals surface area contributed by atoms with Crippen LogP contribution in [0.25, 0.3) is 0 Å². The van der Waals surface area contributed by atoms with Gasteiger partial charge in [0.2, 0.25) is 5.95 Å². The molecule has 0 spiro atoms. The van der Waals surface area contributed by atoms with E-state index in [0.29, 0.717) is 6.54 Å². The van der Waals surface area contributed by atoms with Gasteiger partial charge in [-0.3, -0.25) is 4.79 Å². The molecule has 1 amide bonds. The minimum atomic E-state index is -0.715. The molecule has 0 saturated heterocycles. The van der Waals surface area contributed by atoms with Crippen LogP contribution in [0, 0.1) is 17.3 Å². The van der Waals surface area contributed by atoms with E-state index in [-0.39, 0.29) is 12.1 Å². The lowest BCUT2D eigenvalue weighted by Gasteiger charge is -2.19. The molecular weight excluding hydrogens is 257 g/mol. The molecule has 0 unspecified atom stereocenters. The van der Waals surface area contributed by atoms with Crippen molar-refractivity contribution < 1.29 is 9.18 Å². The van der Waals surface area contributed by atoms with Crippen LogP contribution in [-0.4, -0.2) is 22.3 Å². The van der Waals surface area contributed by atoms with Crippen LogP contribution in [-0.2, 0) is 6.54 Å². The van der Waals surface area contributed by atoms with Crippen molar-refractivity contribution in [2.75, 3.05) is 6.54 Å². The quantitative estimate of drug-likeness (QED) is 0.632. The molecule has 0 fully saturated rings. The Labute approximate surface area is 116 Å². The van der Waals surface area contributed by atoms with Gasteiger partial charge in [-0.25, -0.2) is 4.98 Å². The summed E-state index contributed by atoms with van der Waals surface area (Å²) in [6.45, 7) is 0.245. The third kappa shape index (κ3) is 3.39. The average Bonchev–Trinajstić information content (AvgIpc) is 2.47. The lowest BCUT2D eigenvalue weighted by molar-refractivity contribution is 0.0764. The lowest BCUT2D eigenvalue weighted by atomic mass is 10.2. The van der Waals surface area contributed by atoms with Gasteiger partial charge in [-0.2, -0.15) is 9.65 Å². The summed E-state index contributed by atoms with van der Waals surface area (Å²) in [4.78, 5) is 17.0. The first-order valence-electron chi connectivity index (χ1n) is 6.02. The van der Waals surface area contributed by atoms with Gasteiger partial charge in [-0.1, -0.05) is 30.3 Å². The molecule has 0 N–H and O–H groups in total. The highest BCUT2D eigenvalue weighted by Crippen LogP contribution is 2.10. The number of carbonyl (C=O) groups excluding carboxylic acids is 1. The van der Waals surface area contributed by atoms with E-state index in [0.717, 1.165) is 11.6 Å². The molecule has 5 heteroatoms. The van der Waals surface area contributed by atoms with E-state index in [4.69, 9.17) is 5.26 Å². The molecule has 1 aromatic carbocycles. The number of aromatic nitrogens is 1. The van der Waals surface area contributed by atoms with Crippen LogP contribution in [0.2, 0.25) is 0 Å². The number of nitriles is 1. The van der Waals surface area contributed by atoms with E-state index >= 15 is 0 Å². The van der Waals surface area contributed by atoms with Crippen molar-refractivity contribution in [1.29, 1.82) is 5.26 Å². The molecule has 2 rings (SSSR count). The summed E-state index contributed by atoms with van der Waals surface area (Å²) in [6, 6.07) is 13.8. The molecule has 1 heterocycles. The Morgan fingerprint density at radius 1 is 1.30 bits per heavy atom. The van der Waals surface area contributed by atoms with Gasteiger partial charge in [0, 0.05) is 24.4 Å². The van der Waals surface area contributed by atoms with Crippen LogP contribution in [0.5, 0.6) is 0 Å². The van der Waals surface area contributed by atoms with Gasteiger partial charge in [0.1, 0.15) is 6.54 Å². The Hall–Kier alpha value is -2.74. The van der Waals surface area contributed by atoms with Crippen molar-refractivity contribution in [2.45, 2.75) is 6.54 Å². The molecule has 2 aromatic rings. The summed E-state index contributed by atoms with van der Waals surface area (Å²) in [5.41, 5.74) is 1.09. The molecule has 0 atom stereocenters. The Morgan fingerprint density at radius 2 is 2.05 bits per heavy atom. The van der Waals surface area contributed by atoms with E-state index in [1.54, 1.807) is 0 Å². The first kappa shape index (κ1) is 13.7. The highest BCUT2D eigenvalue weighted by molar-refractivity contribution is 5.94. The predicted molar refractivity (Wildman–Crippen MR) is 71.0 cm³/mol. The maximum atomic E-state index is 13.1. The van der Waals surface area contributed by atoms with Crippen LogP contribution >= 0.6 is 0 Å². The van der Waals surface area contributed by atoms with Gasteiger partial charge < -0.3 is 4.90 Å². The smallest absolute Gasteiger partial charge is 0.255 e. The average molecular weight is 269 g/mol. The third-order valence-electron chi connectivity index (χ3n) is 2.74. The predicted octanol–water partition coefficient (Wildman–Crippen LogP) is 2.39. The van der Waals surface area contributed by atoms with Crippen LogP contribution in [0.1, 0.15) is 15.9 Å². The molecule has 0 aliphatic carbocycles. The van der Waals surface area contributed by atoms with Crippen LogP contribution in [0.3, 0.4) is 0 Å². The number of hydrogen-bond acceptors (Lipinski definition) is 3. The first-order valence-corrected chi connectivity index (χ1v) is 6.02. The second kappa shape index (κ2) is 6.43. The SMILES string of the molecule is N#CCN(Cc1ccccc1)C(=O)c1ccnc(F)c1. The third-order valence-corrected chi connectivity index (χ3v) is 2.74. The number of carbonyl (C=O) groups is 1. The van der Waals surface area contributed by atoms with Gasteiger partial charge in [0.15, 0.2) is 0 Å². The van der Waals surface area contributed by atoms with Crippen molar-refractivity contribution in [3.8, 4) is 6.07 Å². The van der Waals surface area contributed by atoms with E-state index in [1.807, 2.05) is 36.4 Å². The zero-order valence-electron chi connectivity index (χ0n) is 10.7. The second-order valence-electron chi connectivity index (χ2n) is 4.17. The molecular formula is C15H12FN3O. The van der Waals surface area contributed by atoms with Gasteiger partial charge in [-0.15, -0.1) is 0 Å². The maximum absolute atomic E-state index is 13.1. The van der Waals surface area contributed by atoms with Gasteiger partial charge in [0.05, 0.1) is 6.07 Å². The number of hydrogen-bond donors (Lipinski definition) is 0. The molecule has 0 saturated carbocycles. The number of halogens is 1. The van der Waals surface area contributed by atoms with Crippen molar-refractivity contribution >= 4 is 5.91 Å². The number of pyridine rings is 1. The van der Waals surface area contributed by atoms with Gasteiger partial charge in [0.25, 0.3) is 5.91 Å². The van der Waals surface area contributed by atoms with Crippen LogP contribution in [0.15, 0.2) is 48.7 Å². The van der Waals surface area contributed by atoms with Gasteiger partial charge >= 0.3 is 0 Å². The van der Waals surface area contributed by atoms with Gasteiger partial charge in [-0.05, 0) is 11.6 Å². The molecule has 0 aliphatic heterocycles. The topological polar surface area (TPSA) is 57.0 Å². The molecule has 100 valence electrons. The Bertz CT molecular complexity index is 637. The standard InChI is InChI=1S/C15H12FN3O/c16-14-10-13(6-8-18-14)15(20)19(9-7-17)11-12-4-2-1-3-5-12/h1-6,8,10H,9,11H2. The molecule has 0 bridgehead atoms. The first-order chi connectivity index (χ1) is 9.70. The molecule has 1 aromatic heterocycles. The highest BCUT2D eigenvalue weighted by atomic mass is 19.1. The number of benzene rings is 1. The molecule has 4 nitrogen and oxygen atoms in total. The largest absolute Gasteiger partial charge is 0.321 e. The van der Waals surface area contributed by atoms with Crippen molar-refractivity contribution in [3.63, 3.8) is 0 Å². The van der Waals surface area contributed by atoms with Crippen LogP contribution < -0.4 is 0 Å². The highest BCUT2D eigenvalue weighted by Gasteiger charge is 2.16. The minimum absolute atomic E-state index is 0.0579. The monoisotopic (exact) mass is 269 g/mol. The minimum Gasteiger partial charge on any atom is -0.321 e. The molecule has 0 radical (unpaired) electrons. The van der Waals surface area contributed by atoms with Crippen molar-refractivity contribution in [3.05, 3.63) is 65.7 Å². The zero-order chi connectivity index (χ0) is 14.4. The maximum Gasteiger partial charge on any atom is 0.255 e. The zero-order valence-corrected chi connectivity index (χ0v) is 10.7. The summed E-state index contributed by atoms with van der Waals surface area (Å²) in [5.74, 6) is -1.11. The van der Waals surface area contributed by atoms with E-state index in [9.17, 15) is 9.18 Å². The normalized spacial score (nSPS) is 9.80. The number of rotatable bonds is 4. The summed E-state index contributed by atoms with van der Waals surface area (Å²) >= 11 is 0. The fourth-order valence-electron chi connectivity index (χ4n) is 1.81. The lowest BCUT2D eigenvalue weighted by Crippen LogP contribution is -2.31. The van der Waals surface area contributed by atoms with Crippen molar-refractivity contribution in [2.24, 2.45) is 0 Å². The fourth-order valence-corrected chi connectivity index (χ4v) is 1.81. The Balaban J connectivity index is 2.20. The summed E-state index contributed by atoms with van der Waals surface area (Å²) in [5, 5.41) is 8.83. The fraction of sp³-hybridized carbons (Fsp3) is 0.133. The number of nitrogens with zero attached hydrogens (tertiary/aromatic N) is 3. The summed E-state index contributed by atoms with van der Waals surface area (Å²) in [6.07, 6.45) is 1.23. The van der Waals surface area contributed by atoms with E-state index in [2.05, 4.69) is 4.98 Å². The summed E-state index contributed by atoms with van der Waals surface area (Å²) in [7, 11) is 0. The van der Waals surface area contributed by atoms with E-state index < -0.39 is 11.9 Å². The summed E-state index contributed by atoms with van der Waals surface area (Å²) < 4.78 is 13.1. The second-order valence-corrected chi connectivity index (χ2v) is 4.17. The van der Waals surface area contributed by atoms with Crippen LogP contribution in [0.4, 0.5) is 4.39 Å². The Morgan fingerprint density at radius 3 is 2.70 bits per heavy atom. The van der Waals surface area contributed by atoms with Crippen molar-refractivity contribution in [1.82, 2.24) is 9.88 Å². The molecule has 20 heavy (non-hydrogen) atoms.